The molecule has 1 aliphatic carbocycles. The molecule has 7 nitrogen and oxygen atoms in total. The molecule has 0 atom stereocenters. The highest BCUT2D eigenvalue weighted by Crippen LogP contribution is 2.30. The first-order valence-electron chi connectivity index (χ1n) is 10.2. The highest BCUT2D eigenvalue weighted by molar-refractivity contribution is 6.33. The van der Waals surface area contributed by atoms with Gasteiger partial charge in [-0.1, -0.05) is 23.7 Å². The normalized spacial score (nSPS) is 13.3. The molecule has 1 saturated carbocycles. The summed E-state index contributed by atoms with van der Waals surface area (Å²) in [6.45, 7) is 4.02. The van der Waals surface area contributed by atoms with E-state index < -0.39 is 0 Å². The first kappa shape index (κ1) is 21.1. The zero-order chi connectivity index (χ0) is 22.0. The lowest BCUT2D eigenvalue weighted by Gasteiger charge is -2.25. The predicted octanol–water partition coefficient (Wildman–Crippen LogP) is 4.79. The van der Waals surface area contributed by atoms with Gasteiger partial charge in [0.05, 0.1) is 17.1 Å². The van der Waals surface area contributed by atoms with Gasteiger partial charge in [-0.3, -0.25) is 9.59 Å². The maximum atomic E-state index is 13.1. The summed E-state index contributed by atoms with van der Waals surface area (Å²) in [4.78, 5) is 26.7. The van der Waals surface area contributed by atoms with Gasteiger partial charge < -0.3 is 14.6 Å². The number of carbonyl (C=O) groups is 2. The molecule has 3 aromatic rings. The molecule has 2 aromatic carbocycles. The van der Waals surface area contributed by atoms with Gasteiger partial charge in [-0.2, -0.15) is 0 Å². The van der Waals surface area contributed by atoms with Crippen molar-refractivity contribution >= 4 is 29.1 Å². The molecule has 0 aliphatic heterocycles. The van der Waals surface area contributed by atoms with Crippen LogP contribution in [0.15, 0.2) is 52.9 Å². The quantitative estimate of drug-likeness (QED) is 0.573. The fourth-order valence-electron chi connectivity index (χ4n) is 3.15. The standard InChI is InChI=1S/C23H23ClN4O3/c1-14(2)28(13-20-26-27-22(31-20)18-5-3-4-6-19(18)24)23(30)16-9-11-17(12-10-16)25-21(29)15-7-8-15/h3-6,9-12,14-15H,7-8,13H2,1-2H3,(H,25,29). The van der Waals surface area contributed by atoms with Crippen molar-refractivity contribution in [1.29, 1.82) is 0 Å². The highest BCUT2D eigenvalue weighted by Gasteiger charge is 2.29. The largest absolute Gasteiger partial charge is 0.419 e. The van der Waals surface area contributed by atoms with Crippen LogP contribution in [0.1, 0.15) is 42.9 Å². The topological polar surface area (TPSA) is 88.3 Å². The van der Waals surface area contributed by atoms with Crippen molar-refractivity contribution in [2.24, 2.45) is 5.92 Å². The second kappa shape index (κ2) is 8.89. The third-order valence-corrected chi connectivity index (χ3v) is 5.44. The molecule has 1 N–H and O–H groups in total. The van der Waals surface area contributed by atoms with Crippen LogP contribution < -0.4 is 5.32 Å². The van der Waals surface area contributed by atoms with Crippen LogP contribution in [0.25, 0.3) is 11.5 Å². The molecule has 0 saturated heterocycles. The molecule has 1 heterocycles. The highest BCUT2D eigenvalue weighted by atomic mass is 35.5. The van der Waals surface area contributed by atoms with Crippen LogP contribution in [0.5, 0.6) is 0 Å². The summed E-state index contributed by atoms with van der Waals surface area (Å²) in [5.41, 5.74) is 1.85. The lowest BCUT2D eigenvalue weighted by Crippen LogP contribution is -2.36. The minimum Gasteiger partial charge on any atom is -0.419 e. The summed E-state index contributed by atoms with van der Waals surface area (Å²) in [5, 5.41) is 11.5. The molecular weight excluding hydrogens is 416 g/mol. The van der Waals surface area contributed by atoms with Gasteiger partial charge in [-0.25, -0.2) is 0 Å². The van der Waals surface area contributed by atoms with Crippen molar-refractivity contribution in [2.45, 2.75) is 39.3 Å². The maximum Gasteiger partial charge on any atom is 0.254 e. The van der Waals surface area contributed by atoms with Crippen LogP contribution in [0, 0.1) is 5.92 Å². The molecule has 1 aliphatic rings. The summed E-state index contributed by atoms with van der Waals surface area (Å²) in [7, 11) is 0. The van der Waals surface area contributed by atoms with Crippen LogP contribution >= 0.6 is 11.6 Å². The lowest BCUT2D eigenvalue weighted by molar-refractivity contribution is -0.117. The number of hydrogen-bond acceptors (Lipinski definition) is 5. The van der Waals surface area contributed by atoms with Crippen molar-refractivity contribution in [1.82, 2.24) is 15.1 Å². The molecule has 160 valence electrons. The molecule has 1 fully saturated rings. The zero-order valence-corrected chi connectivity index (χ0v) is 18.1. The van der Waals surface area contributed by atoms with Crippen LogP contribution in [0.2, 0.25) is 5.02 Å². The number of halogens is 1. The fourth-order valence-corrected chi connectivity index (χ4v) is 3.36. The van der Waals surface area contributed by atoms with E-state index in [9.17, 15) is 9.59 Å². The zero-order valence-electron chi connectivity index (χ0n) is 17.3. The Balaban J connectivity index is 1.47. The molecule has 31 heavy (non-hydrogen) atoms. The molecule has 0 unspecified atom stereocenters. The lowest BCUT2D eigenvalue weighted by atomic mass is 10.1. The van der Waals surface area contributed by atoms with Gasteiger partial charge in [-0.15, -0.1) is 10.2 Å². The summed E-state index contributed by atoms with van der Waals surface area (Å²) in [5.74, 6) is 0.641. The van der Waals surface area contributed by atoms with Gasteiger partial charge in [0.15, 0.2) is 0 Å². The number of nitrogens with one attached hydrogen (secondary N) is 1. The molecule has 0 spiro atoms. The molecular formula is C23H23ClN4O3. The molecule has 1 aromatic heterocycles. The van der Waals surface area contributed by atoms with Crippen LogP contribution in [0.4, 0.5) is 5.69 Å². The summed E-state index contributed by atoms with van der Waals surface area (Å²) >= 11 is 6.20. The predicted molar refractivity (Wildman–Crippen MR) is 118 cm³/mol. The van der Waals surface area contributed by atoms with Crippen LogP contribution in [-0.2, 0) is 11.3 Å². The van der Waals surface area contributed by atoms with E-state index >= 15 is 0 Å². The molecule has 8 heteroatoms. The van der Waals surface area contributed by atoms with E-state index in [2.05, 4.69) is 15.5 Å². The van der Waals surface area contributed by atoms with Gasteiger partial charge in [0.1, 0.15) is 0 Å². The van der Waals surface area contributed by atoms with Crippen molar-refractivity contribution in [3.63, 3.8) is 0 Å². The van der Waals surface area contributed by atoms with E-state index in [0.717, 1.165) is 12.8 Å². The van der Waals surface area contributed by atoms with E-state index in [1.807, 2.05) is 26.0 Å². The van der Waals surface area contributed by atoms with Crippen molar-refractivity contribution < 1.29 is 14.0 Å². The monoisotopic (exact) mass is 438 g/mol. The number of carbonyl (C=O) groups excluding carboxylic acids is 2. The Kier molecular flexibility index (Phi) is 6.04. The van der Waals surface area contributed by atoms with Crippen LogP contribution in [-0.4, -0.2) is 33.0 Å². The smallest absolute Gasteiger partial charge is 0.254 e. The second-order valence-electron chi connectivity index (χ2n) is 7.85. The van der Waals surface area contributed by atoms with Gasteiger partial charge in [0.2, 0.25) is 17.7 Å². The number of amides is 2. The number of nitrogens with zero attached hydrogens (tertiary/aromatic N) is 3. The van der Waals surface area contributed by atoms with E-state index in [0.29, 0.717) is 33.6 Å². The third kappa shape index (κ3) is 4.94. The fraction of sp³-hybridized carbons (Fsp3) is 0.304. The molecule has 0 radical (unpaired) electrons. The van der Waals surface area contributed by atoms with Gasteiger partial charge in [-0.05, 0) is 63.1 Å². The third-order valence-electron chi connectivity index (χ3n) is 5.11. The average molecular weight is 439 g/mol. The van der Waals surface area contributed by atoms with Crippen molar-refractivity contribution in [2.75, 3.05) is 5.32 Å². The Morgan fingerprint density at radius 3 is 2.48 bits per heavy atom. The first-order chi connectivity index (χ1) is 14.9. The summed E-state index contributed by atoms with van der Waals surface area (Å²) < 4.78 is 5.76. The maximum absolute atomic E-state index is 13.1. The average Bonchev–Trinajstić information content (AvgIpc) is 3.51. The summed E-state index contributed by atoms with van der Waals surface area (Å²) in [6, 6.07) is 14.0. The summed E-state index contributed by atoms with van der Waals surface area (Å²) in [6.07, 6.45) is 1.89. The Morgan fingerprint density at radius 2 is 1.84 bits per heavy atom. The van der Waals surface area contributed by atoms with Crippen molar-refractivity contribution in [3.05, 3.63) is 65.0 Å². The molecule has 2 amide bonds. The van der Waals surface area contributed by atoms with Gasteiger partial charge in [0.25, 0.3) is 5.91 Å². The number of anilines is 1. The molecule has 4 rings (SSSR count). The Hall–Kier alpha value is -3.19. The van der Waals surface area contributed by atoms with E-state index in [1.54, 1.807) is 41.3 Å². The SMILES string of the molecule is CC(C)N(Cc1nnc(-c2ccccc2Cl)o1)C(=O)c1ccc(NC(=O)C2CC2)cc1. The Bertz CT molecular complexity index is 1090. The Labute approximate surface area is 185 Å². The number of aromatic nitrogens is 2. The molecule has 0 bridgehead atoms. The van der Waals surface area contributed by atoms with Crippen LogP contribution in [0.3, 0.4) is 0 Å². The number of hydrogen-bond donors (Lipinski definition) is 1. The number of rotatable bonds is 7. The Morgan fingerprint density at radius 1 is 1.13 bits per heavy atom. The number of benzene rings is 2. The van der Waals surface area contributed by atoms with E-state index in [1.165, 1.54) is 0 Å². The van der Waals surface area contributed by atoms with E-state index in [-0.39, 0.29) is 30.3 Å². The van der Waals surface area contributed by atoms with Gasteiger partial charge >= 0.3 is 0 Å². The van der Waals surface area contributed by atoms with E-state index in [4.69, 9.17) is 16.0 Å². The van der Waals surface area contributed by atoms with Gasteiger partial charge in [0, 0.05) is 23.2 Å². The second-order valence-corrected chi connectivity index (χ2v) is 8.26. The van der Waals surface area contributed by atoms with Crippen molar-refractivity contribution in [3.8, 4) is 11.5 Å². The first-order valence-corrected chi connectivity index (χ1v) is 10.6. The minimum absolute atomic E-state index is 0.0357. The minimum atomic E-state index is -0.160.